The second kappa shape index (κ2) is 3.70. The smallest absolute Gasteiger partial charge is 0.178 e. The van der Waals surface area contributed by atoms with Gasteiger partial charge in [0.1, 0.15) is 5.82 Å². The summed E-state index contributed by atoms with van der Waals surface area (Å²) in [7, 11) is 0. The van der Waals surface area contributed by atoms with Crippen LogP contribution in [0.2, 0.25) is 0 Å². The summed E-state index contributed by atoms with van der Waals surface area (Å²) in [5, 5.41) is 0. The van der Waals surface area contributed by atoms with E-state index in [-0.39, 0.29) is 0 Å². The van der Waals surface area contributed by atoms with Gasteiger partial charge in [0.15, 0.2) is 5.65 Å². The molecule has 0 N–H and O–H groups in total. The Hall–Kier alpha value is -2.16. The highest BCUT2D eigenvalue weighted by atomic mass is 15.1. The van der Waals surface area contributed by atoms with Gasteiger partial charge in [0.25, 0.3) is 0 Å². The fraction of sp³-hybridized carbons (Fsp3) is 0.143. The van der Waals surface area contributed by atoms with Gasteiger partial charge in [-0.3, -0.25) is 4.57 Å². The molecule has 3 aromatic rings. The number of aryl methyl sites for hydroxylation is 2. The van der Waals surface area contributed by atoms with Crippen molar-refractivity contribution in [3.8, 4) is 5.69 Å². The van der Waals surface area contributed by atoms with Gasteiger partial charge in [-0.15, -0.1) is 0 Å². The minimum atomic E-state index is 0.799. The van der Waals surface area contributed by atoms with E-state index < -0.39 is 0 Å². The molecule has 0 saturated carbocycles. The molecule has 0 saturated heterocycles. The number of nitrogens with zero attached hydrogens (tertiary/aromatic N) is 3. The topological polar surface area (TPSA) is 30.7 Å². The molecule has 84 valence electrons. The molecule has 3 rings (SSSR count). The first-order chi connectivity index (χ1) is 8.27. The van der Waals surface area contributed by atoms with E-state index in [9.17, 15) is 0 Å². The third-order valence-corrected chi connectivity index (χ3v) is 2.95. The molecule has 0 atom stereocenters. The van der Waals surface area contributed by atoms with Crippen molar-refractivity contribution in [2.75, 3.05) is 0 Å². The predicted octanol–water partition coefficient (Wildman–Crippen LogP) is 3.04. The summed E-state index contributed by atoms with van der Waals surface area (Å²) in [5.74, 6) is 0.966. The summed E-state index contributed by atoms with van der Waals surface area (Å²) in [6.07, 6.45) is 1.77. The van der Waals surface area contributed by atoms with Crippen LogP contribution >= 0.6 is 0 Å². The molecule has 2 aromatic heterocycles. The molecule has 1 aromatic carbocycles. The summed E-state index contributed by atoms with van der Waals surface area (Å²) in [5.41, 5.74) is 4.26. The maximum atomic E-state index is 4.48. The van der Waals surface area contributed by atoms with Crippen LogP contribution in [-0.2, 0) is 0 Å². The summed E-state index contributed by atoms with van der Waals surface area (Å²) < 4.78 is 2.15. The van der Waals surface area contributed by atoms with Crippen LogP contribution < -0.4 is 0 Å². The molecule has 0 aliphatic heterocycles. The molecule has 2 heterocycles. The normalized spacial score (nSPS) is 10.9. The van der Waals surface area contributed by atoms with E-state index in [2.05, 4.69) is 39.7 Å². The predicted molar refractivity (Wildman–Crippen MR) is 68.3 cm³/mol. The van der Waals surface area contributed by atoms with E-state index in [4.69, 9.17) is 0 Å². The quantitative estimate of drug-likeness (QED) is 0.634. The molecule has 0 aliphatic rings. The van der Waals surface area contributed by atoms with Crippen LogP contribution in [-0.4, -0.2) is 14.5 Å². The Labute approximate surface area is 99.8 Å². The molecular weight excluding hydrogens is 210 g/mol. The van der Waals surface area contributed by atoms with E-state index in [0.717, 1.165) is 17.0 Å². The maximum absolute atomic E-state index is 4.48. The zero-order valence-electron chi connectivity index (χ0n) is 9.88. The van der Waals surface area contributed by atoms with Gasteiger partial charge in [0.05, 0.1) is 11.2 Å². The molecule has 17 heavy (non-hydrogen) atoms. The monoisotopic (exact) mass is 223 g/mol. The van der Waals surface area contributed by atoms with E-state index in [1.54, 1.807) is 6.20 Å². The van der Waals surface area contributed by atoms with Gasteiger partial charge in [0, 0.05) is 6.20 Å². The van der Waals surface area contributed by atoms with Crippen molar-refractivity contribution in [1.29, 1.82) is 0 Å². The van der Waals surface area contributed by atoms with E-state index in [0.29, 0.717) is 0 Å². The highest BCUT2D eigenvalue weighted by molar-refractivity contribution is 5.74. The zero-order chi connectivity index (χ0) is 11.8. The van der Waals surface area contributed by atoms with Crippen molar-refractivity contribution in [2.45, 2.75) is 13.8 Å². The number of benzene rings is 1. The number of pyridine rings is 1. The van der Waals surface area contributed by atoms with Crippen LogP contribution in [0.4, 0.5) is 0 Å². The number of para-hydroxylation sites is 1. The van der Waals surface area contributed by atoms with Crippen LogP contribution in [0.3, 0.4) is 0 Å². The molecule has 0 unspecified atom stereocenters. The standard InChI is InChI=1S/C14H13N3/c1-10-6-3-4-7-12(10)17-11(2)16-14-13(17)8-5-9-15-14/h3-9H,1-2H3. The Balaban J connectivity index is 2.38. The second-order valence-electron chi connectivity index (χ2n) is 4.13. The lowest BCUT2D eigenvalue weighted by atomic mass is 10.2. The molecule has 0 spiro atoms. The SMILES string of the molecule is Cc1ccccc1-n1c(C)nc2ncccc21. The largest absolute Gasteiger partial charge is 0.295 e. The highest BCUT2D eigenvalue weighted by Gasteiger charge is 2.10. The first-order valence-corrected chi connectivity index (χ1v) is 5.63. The van der Waals surface area contributed by atoms with Crippen LogP contribution in [0.15, 0.2) is 42.6 Å². The van der Waals surface area contributed by atoms with Gasteiger partial charge in [-0.05, 0) is 37.6 Å². The van der Waals surface area contributed by atoms with Gasteiger partial charge >= 0.3 is 0 Å². The Bertz CT molecular complexity index is 683. The number of hydrogen-bond donors (Lipinski definition) is 0. The number of rotatable bonds is 1. The first kappa shape index (κ1) is 10.0. The Morgan fingerprint density at radius 2 is 1.82 bits per heavy atom. The third-order valence-electron chi connectivity index (χ3n) is 2.95. The molecule has 0 aliphatic carbocycles. The van der Waals surface area contributed by atoms with Crippen molar-refractivity contribution in [3.05, 3.63) is 54.0 Å². The lowest BCUT2D eigenvalue weighted by Gasteiger charge is -2.09. The maximum Gasteiger partial charge on any atom is 0.178 e. The van der Waals surface area contributed by atoms with Gasteiger partial charge < -0.3 is 0 Å². The number of aromatic nitrogens is 3. The Morgan fingerprint density at radius 3 is 2.65 bits per heavy atom. The molecule has 0 radical (unpaired) electrons. The van der Waals surface area contributed by atoms with E-state index in [1.807, 2.05) is 25.1 Å². The highest BCUT2D eigenvalue weighted by Crippen LogP contribution is 2.21. The summed E-state index contributed by atoms with van der Waals surface area (Å²) >= 11 is 0. The van der Waals surface area contributed by atoms with Crippen LogP contribution in [0.25, 0.3) is 16.9 Å². The second-order valence-corrected chi connectivity index (χ2v) is 4.13. The number of fused-ring (bicyclic) bond motifs is 1. The zero-order valence-corrected chi connectivity index (χ0v) is 9.88. The molecular formula is C14H13N3. The van der Waals surface area contributed by atoms with Crippen LogP contribution in [0.1, 0.15) is 11.4 Å². The fourth-order valence-electron chi connectivity index (χ4n) is 2.15. The van der Waals surface area contributed by atoms with Gasteiger partial charge in [0.2, 0.25) is 0 Å². The molecule has 0 amide bonds. The van der Waals surface area contributed by atoms with Crippen molar-refractivity contribution >= 4 is 11.2 Å². The summed E-state index contributed by atoms with van der Waals surface area (Å²) in [6, 6.07) is 12.3. The molecule has 0 fully saturated rings. The summed E-state index contributed by atoms with van der Waals surface area (Å²) in [4.78, 5) is 8.77. The van der Waals surface area contributed by atoms with Crippen molar-refractivity contribution in [2.24, 2.45) is 0 Å². The van der Waals surface area contributed by atoms with Crippen LogP contribution in [0, 0.1) is 13.8 Å². The lowest BCUT2D eigenvalue weighted by Crippen LogP contribution is -1.98. The van der Waals surface area contributed by atoms with E-state index in [1.165, 1.54) is 11.3 Å². The minimum Gasteiger partial charge on any atom is -0.295 e. The van der Waals surface area contributed by atoms with Gasteiger partial charge in [-0.2, -0.15) is 0 Å². The van der Waals surface area contributed by atoms with Crippen LogP contribution in [0.5, 0.6) is 0 Å². The van der Waals surface area contributed by atoms with Gasteiger partial charge in [-0.1, -0.05) is 18.2 Å². The van der Waals surface area contributed by atoms with Crippen molar-refractivity contribution in [1.82, 2.24) is 14.5 Å². The fourth-order valence-corrected chi connectivity index (χ4v) is 2.15. The van der Waals surface area contributed by atoms with Gasteiger partial charge in [-0.25, -0.2) is 9.97 Å². The third kappa shape index (κ3) is 1.51. The number of hydrogen-bond acceptors (Lipinski definition) is 2. The van der Waals surface area contributed by atoms with Crippen molar-refractivity contribution in [3.63, 3.8) is 0 Å². The molecule has 3 nitrogen and oxygen atoms in total. The molecule has 0 bridgehead atoms. The van der Waals surface area contributed by atoms with E-state index >= 15 is 0 Å². The summed E-state index contributed by atoms with van der Waals surface area (Å²) in [6.45, 7) is 4.12. The Kier molecular flexibility index (Phi) is 2.18. The van der Waals surface area contributed by atoms with Crippen molar-refractivity contribution < 1.29 is 0 Å². The number of imidazole rings is 1. The first-order valence-electron chi connectivity index (χ1n) is 5.63. The minimum absolute atomic E-state index is 0.799. The average Bonchev–Trinajstić information content (AvgIpc) is 2.66. The Morgan fingerprint density at radius 1 is 1.00 bits per heavy atom. The average molecular weight is 223 g/mol. The molecule has 3 heteroatoms. The lowest BCUT2D eigenvalue weighted by molar-refractivity contribution is 0.990.